The molecular weight excluding hydrogens is 312 g/mol. The molecule has 2 aromatic carbocycles. The zero-order valence-electron chi connectivity index (χ0n) is 13.7. The molecule has 0 aliphatic heterocycles. The smallest absolute Gasteiger partial charge is 0.277 e. The average Bonchev–Trinajstić information content (AvgIpc) is 3.07. The number of H-pyrrole nitrogens is 1. The van der Waals surface area contributed by atoms with E-state index >= 15 is 0 Å². The molecule has 0 spiro atoms. The molecule has 124 valence electrons. The van der Waals surface area contributed by atoms with Crippen molar-refractivity contribution in [3.63, 3.8) is 0 Å². The molecule has 0 bridgehead atoms. The fraction of sp³-hybridized carbons (Fsp3) is 0.150. The van der Waals surface area contributed by atoms with Gasteiger partial charge in [-0.2, -0.15) is 0 Å². The maximum Gasteiger partial charge on any atom is 0.277 e. The Morgan fingerprint density at radius 3 is 2.44 bits per heavy atom. The SMILES string of the molecule is O=c1[nH]c(-c2ccccc2)nc2ncn(CCCc3ccccc3)c12. The minimum Gasteiger partial charge on any atom is -0.325 e. The lowest BCUT2D eigenvalue weighted by Gasteiger charge is -2.05. The van der Waals surface area contributed by atoms with E-state index in [0.29, 0.717) is 17.0 Å². The third-order valence-corrected chi connectivity index (χ3v) is 4.24. The van der Waals surface area contributed by atoms with E-state index in [4.69, 9.17) is 0 Å². The first-order valence-electron chi connectivity index (χ1n) is 8.36. The van der Waals surface area contributed by atoms with Crippen molar-refractivity contribution in [3.05, 3.63) is 82.9 Å². The largest absolute Gasteiger partial charge is 0.325 e. The van der Waals surface area contributed by atoms with Gasteiger partial charge in [0.25, 0.3) is 5.56 Å². The number of imidazole rings is 1. The van der Waals surface area contributed by atoms with Crippen LogP contribution in [0.25, 0.3) is 22.6 Å². The summed E-state index contributed by atoms with van der Waals surface area (Å²) in [5.74, 6) is 0.549. The summed E-state index contributed by atoms with van der Waals surface area (Å²) in [5, 5.41) is 0. The Bertz CT molecular complexity index is 1040. The molecule has 2 aromatic heterocycles. The molecule has 0 saturated carbocycles. The van der Waals surface area contributed by atoms with Gasteiger partial charge in [-0.1, -0.05) is 60.7 Å². The van der Waals surface area contributed by atoms with Gasteiger partial charge in [0.1, 0.15) is 5.82 Å². The van der Waals surface area contributed by atoms with E-state index in [-0.39, 0.29) is 5.56 Å². The van der Waals surface area contributed by atoms with Crippen molar-refractivity contribution >= 4 is 11.2 Å². The number of benzene rings is 2. The number of rotatable bonds is 5. The number of aromatic amines is 1. The van der Waals surface area contributed by atoms with Gasteiger partial charge in [-0.25, -0.2) is 9.97 Å². The van der Waals surface area contributed by atoms with Gasteiger partial charge in [0.05, 0.1) is 6.33 Å². The number of hydrogen-bond donors (Lipinski definition) is 1. The van der Waals surface area contributed by atoms with Gasteiger partial charge >= 0.3 is 0 Å². The standard InChI is InChI=1S/C20H18N4O/c25-20-17-19(22-18(23-20)16-11-5-2-6-12-16)21-14-24(17)13-7-10-15-8-3-1-4-9-15/h1-6,8-9,11-12,14H,7,10,13H2,(H,22,23,25). The Balaban J connectivity index is 1.58. The summed E-state index contributed by atoms with van der Waals surface area (Å²) in [4.78, 5) is 24.2. The lowest BCUT2D eigenvalue weighted by molar-refractivity contribution is 0.655. The maximum atomic E-state index is 12.5. The Labute approximate surface area is 145 Å². The average molecular weight is 330 g/mol. The monoisotopic (exact) mass is 330 g/mol. The van der Waals surface area contributed by atoms with Crippen LogP contribution in [0.1, 0.15) is 12.0 Å². The van der Waals surface area contributed by atoms with E-state index in [9.17, 15) is 4.79 Å². The predicted molar refractivity (Wildman–Crippen MR) is 98.3 cm³/mol. The molecule has 0 atom stereocenters. The van der Waals surface area contributed by atoms with E-state index in [1.165, 1.54) is 5.56 Å². The number of aromatic nitrogens is 4. The van der Waals surface area contributed by atoms with Gasteiger partial charge in [-0.15, -0.1) is 0 Å². The van der Waals surface area contributed by atoms with Crippen LogP contribution in [0.3, 0.4) is 0 Å². The highest BCUT2D eigenvalue weighted by molar-refractivity contribution is 5.72. The summed E-state index contributed by atoms with van der Waals surface area (Å²) in [6.07, 6.45) is 3.61. The molecule has 0 amide bonds. The van der Waals surface area contributed by atoms with E-state index < -0.39 is 0 Å². The van der Waals surface area contributed by atoms with Gasteiger partial charge in [-0.05, 0) is 18.4 Å². The second-order valence-electron chi connectivity index (χ2n) is 5.98. The van der Waals surface area contributed by atoms with Crippen molar-refractivity contribution < 1.29 is 0 Å². The summed E-state index contributed by atoms with van der Waals surface area (Å²) >= 11 is 0. The zero-order valence-corrected chi connectivity index (χ0v) is 13.7. The first kappa shape index (κ1) is 15.3. The van der Waals surface area contributed by atoms with Crippen LogP contribution in [0, 0.1) is 0 Å². The topological polar surface area (TPSA) is 63.6 Å². The molecule has 0 fully saturated rings. The number of fused-ring (bicyclic) bond motifs is 1. The van der Waals surface area contributed by atoms with Crippen LogP contribution in [0.4, 0.5) is 0 Å². The van der Waals surface area contributed by atoms with Crippen molar-refractivity contribution in [1.29, 1.82) is 0 Å². The molecule has 5 heteroatoms. The molecule has 25 heavy (non-hydrogen) atoms. The third-order valence-electron chi connectivity index (χ3n) is 4.24. The number of hydrogen-bond acceptors (Lipinski definition) is 3. The van der Waals surface area contributed by atoms with Gasteiger partial charge in [0, 0.05) is 12.1 Å². The fourth-order valence-electron chi connectivity index (χ4n) is 2.99. The minimum absolute atomic E-state index is 0.152. The van der Waals surface area contributed by atoms with E-state index in [1.807, 2.05) is 53.1 Å². The van der Waals surface area contributed by atoms with Crippen LogP contribution in [-0.2, 0) is 13.0 Å². The first-order chi connectivity index (χ1) is 12.3. The second-order valence-corrected chi connectivity index (χ2v) is 5.98. The lowest BCUT2D eigenvalue weighted by atomic mass is 10.1. The second kappa shape index (κ2) is 6.73. The molecule has 0 unspecified atom stereocenters. The van der Waals surface area contributed by atoms with E-state index in [2.05, 4.69) is 27.1 Å². The molecule has 0 saturated heterocycles. The fourth-order valence-corrected chi connectivity index (χ4v) is 2.99. The molecule has 4 rings (SSSR count). The van der Waals surface area contributed by atoms with Crippen molar-refractivity contribution in [2.24, 2.45) is 0 Å². The quantitative estimate of drug-likeness (QED) is 0.610. The van der Waals surface area contributed by atoms with Crippen molar-refractivity contribution in [1.82, 2.24) is 19.5 Å². The van der Waals surface area contributed by atoms with Gasteiger partial charge in [0.15, 0.2) is 11.2 Å². The van der Waals surface area contributed by atoms with E-state index in [1.54, 1.807) is 6.33 Å². The Kier molecular flexibility index (Phi) is 4.12. The summed E-state index contributed by atoms with van der Waals surface area (Å²) in [6.45, 7) is 0.737. The Morgan fingerprint density at radius 1 is 0.960 bits per heavy atom. The molecule has 5 nitrogen and oxygen atoms in total. The van der Waals surface area contributed by atoms with Gasteiger partial charge in [-0.3, -0.25) is 4.79 Å². The Hall–Kier alpha value is -3.21. The van der Waals surface area contributed by atoms with Gasteiger partial charge in [0.2, 0.25) is 0 Å². The first-order valence-corrected chi connectivity index (χ1v) is 8.36. The van der Waals surface area contributed by atoms with Crippen LogP contribution >= 0.6 is 0 Å². The lowest BCUT2D eigenvalue weighted by Crippen LogP contribution is -2.13. The summed E-state index contributed by atoms with van der Waals surface area (Å²) in [6, 6.07) is 19.9. The van der Waals surface area contributed by atoms with Crippen molar-refractivity contribution in [2.75, 3.05) is 0 Å². The number of aryl methyl sites for hydroxylation is 2. The van der Waals surface area contributed by atoms with E-state index in [0.717, 1.165) is 24.9 Å². The van der Waals surface area contributed by atoms with Crippen molar-refractivity contribution in [2.45, 2.75) is 19.4 Å². The minimum atomic E-state index is -0.152. The Morgan fingerprint density at radius 2 is 1.68 bits per heavy atom. The number of nitrogens with zero attached hydrogens (tertiary/aromatic N) is 3. The van der Waals surface area contributed by atoms with Crippen LogP contribution in [0.5, 0.6) is 0 Å². The van der Waals surface area contributed by atoms with Crippen LogP contribution in [-0.4, -0.2) is 19.5 Å². The maximum absolute atomic E-state index is 12.5. The molecular formula is C20H18N4O. The highest BCUT2D eigenvalue weighted by Crippen LogP contribution is 2.15. The number of nitrogens with one attached hydrogen (secondary N) is 1. The molecule has 2 heterocycles. The molecule has 4 aromatic rings. The molecule has 1 N–H and O–H groups in total. The van der Waals surface area contributed by atoms with Crippen LogP contribution in [0.2, 0.25) is 0 Å². The molecule has 0 aliphatic rings. The highest BCUT2D eigenvalue weighted by Gasteiger charge is 2.11. The summed E-state index contributed by atoms with van der Waals surface area (Å²) in [5.41, 5.74) is 3.04. The van der Waals surface area contributed by atoms with Crippen LogP contribution < -0.4 is 5.56 Å². The third kappa shape index (κ3) is 3.21. The normalized spacial score (nSPS) is 11.0. The predicted octanol–water partition coefficient (Wildman–Crippen LogP) is 3.42. The van der Waals surface area contributed by atoms with Crippen LogP contribution in [0.15, 0.2) is 71.8 Å². The molecule has 0 radical (unpaired) electrons. The summed E-state index contributed by atoms with van der Waals surface area (Å²) in [7, 11) is 0. The van der Waals surface area contributed by atoms with Gasteiger partial charge < -0.3 is 9.55 Å². The molecule has 0 aliphatic carbocycles. The summed E-state index contributed by atoms with van der Waals surface area (Å²) < 4.78 is 1.89. The van der Waals surface area contributed by atoms with Crippen molar-refractivity contribution in [3.8, 4) is 11.4 Å². The zero-order chi connectivity index (χ0) is 17.1. The highest BCUT2D eigenvalue weighted by atomic mass is 16.1.